The van der Waals surface area contributed by atoms with Crippen LogP contribution < -0.4 is 5.32 Å². The van der Waals surface area contributed by atoms with Crippen molar-refractivity contribution in [2.45, 2.75) is 25.4 Å². The van der Waals surface area contributed by atoms with Gasteiger partial charge in [-0.05, 0) is 44.1 Å². The molecule has 0 bridgehead atoms. The Labute approximate surface area is 96.1 Å². The molecule has 1 N–H and O–H groups in total. The highest BCUT2D eigenvalue weighted by Crippen LogP contribution is 2.33. The largest absolute Gasteiger partial charge is 0.320 e. The first kappa shape index (κ1) is 12.7. The molecule has 0 heterocycles. The zero-order valence-electron chi connectivity index (χ0n) is 9.76. The number of benzene rings is 1. The van der Waals surface area contributed by atoms with Crippen molar-refractivity contribution in [1.29, 1.82) is 5.26 Å². The van der Waals surface area contributed by atoms with Crippen LogP contribution in [0.4, 0.5) is 4.39 Å². The van der Waals surface area contributed by atoms with E-state index < -0.39 is 5.67 Å². The Balaban J connectivity index is 2.90. The van der Waals surface area contributed by atoms with Crippen molar-refractivity contribution in [1.82, 2.24) is 5.32 Å². The fourth-order valence-corrected chi connectivity index (χ4v) is 1.69. The van der Waals surface area contributed by atoms with Crippen LogP contribution in [0.3, 0.4) is 0 Å². The normalized spacial score (nSPS) is 14.1. The monoisotopic (exact) mass is 220 g/mol. The summed E-state index contributed by atoms with van der Waals surface area (Å²) < 4.78 is 14.6. The minimum Gasteiger partial charge on any atom is -0.320 e. The highest BCUT2D eigenvalue weighted by Gasteiger charge is 2.28. The van der Waals surface area contributed by atoms with Crippen LogP contribution in [-0.4, -0.2) is 13.6 Å². The Hall–Kier alpha value is -1.40. The van der Waals surface area contributed by atoms with E-state index in [0.29, 0.717) is 30.5 Å². The number of nitrogens with one attached hydrogen (secondary N) is 1. The summed E-state index contributed by atoms with van der Waals surface area (Å²) in [5, 5.41) is 11.6. The third kappa shape index (κ3) is 2.80. The Morgan fingerprint density at radius 1 is 1.38 bits per heavy atom. The minimum absolute atomic E-state index is 0.445. The molecule has 0 aliphatic heterocycles. The van der Waals surface area contributed by atoms with Gasteiger partial charge in [0.1, 0.15) is 5.67 Å². The van der Waals surface area contributed by atoms with Crippen LogP contribution in [0.15, 0.2) is 24.3 Å². The van der Waals surface area contributed by atoms with Crippen molar-refractivity contribution >= 4 is 0 Å². The average molecular weight is 220 g/mol. The average Bonchev–Trinajstić information content (AvgIpc) is 2.36. The maximum atomic E-state index is 14.6. The zero-order chi connectivity index (χ0) is 12.0. The molecule has 2 nitrogen and oxygen atoms in total. The molecular weight excluding hydrogens is 203 g/mol. The van der Waals surface area contributed by atoms with Crippen LogP contribution in [0, 0.1) is 11.3 Å². The van der Waals surface area contributed by atoms with Gasteiger partial charge < -0.3 is 5.32 Å². The Bertz CT molecular complexity index is 367. The molecule has 1 aromatic carbocycles. The van der Waals surface area contributed by atoms with Crippen molar-refractivity contribution in [3.63, 3.8) is 0 Å². The zero-order valence-corrected chi connectivity index (χ0v) is 9.76. The van der Waals surface area contributed by atoms with Gasteiger partial charge >= 0.3 is 0 Å². The van der Waals surface area contributed by atoms with Gasteiger partial charge in [-0.25, -0.2) is 4.39 Å². The smallest absolute Gasteiger partial charge is 0.137 e. The molecule has 0 fully saturated rings. The number of nitrogens with zero attached hydrogens (tertiary/aromatic N) is 1. The number of rotatable bonds is 5. The van der Waals surface area contributed by atoms with Gasteiger partial charge in [-0.1, -0.05) is 19.1 Å². The third-order valence-corrected chi connectivity index (χ3v) is 2.86. The lowest BCUT2D eigenvalue weighted by atomic mass is 9.89. The van der Waals surface area contributed by atoms with Crippen LogP contribution >= 0.6 is 0 Å². The van der Waals surface area contributed by atoms with Gasteiger partial charge in [0.05, 0.1) is 11.6 Å². The molecule has 1 rings (SSSR count). The molecule has 3 heteroatoms. The summed E-state index contributed by atoms with van der Waals surface area (Å²) >= 11 is 0. The maximum Gasteiger partial charge on any atom is 0.137 e. The fraction of sp³-hybridized carbons (Fsp3) is 0.462. The van der Waals surface area contributed by atoms with Crippen LogP contribution in [0.5, 0.6) is 0 Å². The number of hydrogen-bond acceptors (Lipinski definition) is 2. The van der Waals surface area contributed by atoms with Gasteiger partial charge in [0.25, 0.3) is 0 Å². The van der Waals surface area contributed by atoms with E-state index in [2.05, 4.69) is 5.32 Å². The predicted octanol–water partition coefficient (Wildman–Crippen LogP) is 2.74. The molecule has 0 aliphatic rings. The minimum atomic E-state index is -1.29. The first-order valence-corrected chi connectivity index (χ1v) is 5.50. The second-order valence-electron chi connectivity index (χ2n) is 3.86. The summed E-state index contributed by atoms with van der Waals surface area (Å²) in [6.07, 6.45) is 0.895. The van der Waals surface area contributed by atoms with Crippen molar-refractivity contribution in [2.75, 3.05) is 13.6 Å². The molecule has 16 heavy (non-hydrogen) atoms. The quantitative estimate of drug-likeness (QED) is 0.828. The molecule has 0 amide bonds. The molecule has 0 aromatic heterocycles. The van der Waals surface area contributed by atoms with Crippen molar-refractivity contribution in [3.05, 3.63) is 35.4 Å². The van der Waals surface area contributed by atoms with E-state index >= 15 is 0 Å². The van der Waals surface area contributed by atoms with E-state index in [1.54, 1.807) is 24.3 Å². The lowest BCUT2D eigenvalue weighted by Crippen LogP contribution is -2.24. The van der Waals surface area contributed by atoms with Gasteiger partial charge in [-0.2, -0.15) is 5.26 Å². The molecule has 0 aliphatic carbocycles. The second kappa shape index (κ2) is 5.62. The predicted molar refractivity (Wildman–Crippen MR) is 62.8 cm³/mol. The molecular formula is C13H17FN2. The topological polar surface area (TPSA) is 35.8 Å². The number of hydrogen-bond donors (Lipinski definition) is 1. The van der Waals surface area contributed by atoms with Crippen molar-refractivity contribution in [2.24, 2.45) is 0 Å². The molecule has 0 radical (unpaired) electrons. The van der Waals surface area contributed by atoms with E-state index in [1.165, 1.54) is 0 Å². The second-order valence-corrected chi connectivity index (χ2v) is 3.86. The van der Waals surface area contributed by atoms with Crippen LogP contribution in [0.25, 0.3) is 0 Å². The standard InChI is InChI=1S/C13H17FN2/c1-3-13(14,8-9-16-2)12-6-4-11(10-15)5-7-12/h4-7,16H,3,8-9H2,1-2H3. The summed E-state index contributed by atoms with van der Waals surface area (Å²) in [4.78, 5) is 0. The lowest BCUT2D eigenvalue weighted by Gasteiger charge is -2.24. The molecule has 0 saturated heterocycles. The molecule has 1 aromatic rings. The van der Waals surface area contributed by atoms with Crippen LogP contribution in [0.1, 0.15) is 30.9 Å². The highest BCUT2D eigenvalue weighted by molar-refractivity contribution is 5.34. The highest BCUT2D eigenvalue weighted by atomic mass is 19.1. The van der Waals surface area contributed by atoms with Gasteiger partial charge in [-0.3, -0.25) is 0 Å². The summed E-state index contributed by atoms with van der Waals surface area (Å²) in [5.41, 5.74) is -0.0724. The molecule has 1 unspecified atom stereocenters. The van der Waals surface area contributed by atoms with Crippen LogP contribution in [-0.2, 0) is 5.67 Å². The summed E-state index contributed by atoms with van der Waals surface area (Å²) in [7, 11) is 1.81. The fourth-order valence-electron chi connectivity index (χ4n) is 1.69. The SMILES string of the molecule is CCC(F)(CCNC)c1ccc(C#N)cc1. The van der Waals surface area contributed by atoms with E-state index in [9.17, 15) is 4.39 Å². The summed E-state index contributed by atoms with van der Waals surface area (Å²) in [5.74, 6) is 0. The van der Waals surface area contributed by atoms with Crippen LogP contribution in [0.2, 0.25) is 0 Å². The van der Waals surface area contributed by atoms with Gasteiger partial charge in [0.15, 0.2) is 0 Å². The summed E-state index contributed by atoms with van der Waals surface area (Å²) in [6.45, 7) is 2.48. The Kier molecular flexibility index (Phi) is 4.45. The van der Waals surface area contributed by atoms with Gasteiger partial charge in [-0.15, -0.1) is 0 Å². The first-order valence-electron chi connectivity index (χ1n) is 5.50. The molecule has 86 valence electrons. The maximum absolute atomic E-state index is 14.6. The Morgan fingerprint density at radius 3 is 2.44 bits per heavy atom. The summed E-state index contributed by atoms with van der Waals surface area (Å²) in [6, 6.07) is 8.77. The number of nitriles is 1. The van der Waals surface area contributed by atoms with E-state index in [0.717, 1.165) is 0 Å². The van der Waals surface area contributed by atoms with E-state index in [4.69, 9.17) is 5.26 Å². The Morgan fingerprint density at radius 2 is 2.00 bits per heavy atom. The molecule has 0 saturated carbocycles. The van der Waals surface area contributed by atoms with Gasteiger partial charge in [0.2, 0.25) is 0 Å². The van der Waals surface area contributed by atoms with Crippen molar-refractivity contribution in [3.8, 4) is 6.07 Å². The first-order chi connectivity index (χ1) is 7.66. The number of halogens is 1. The molecule has 1 atom stereocenters. The van der Waals surface area contributed by atoms with Gasteiger partial charge in [0, 0.05) is 0 Å². The lowest BCUT2D eigenvalue weighted by molar-refractivity contribution is 0.144. The molecule has 0 spiro atoms. The van der Waals surface area contributed by atoms with E-state index in [-0.39, 0.29) is 0 Å². The third-order valence-electron chi connectivity index (χ3n) is 2.86. The van der Waals surface area contributed by atoms with E-state index in [1.807, 2.05) is 20.0 Å². The number of alkyl halides is 1. The van der Waals surface area contributed by atoms with Crippen molar-refractivity contribution < 1.29 is 4.39 Å².